The lowest BCUT2D eigenvalue weighted by molar-refractivity contribution is 0.176. The average molecular weight is 266 g/mol. The maximum Gasteiger partial charge on any atom is 0.102 e. The summed E-state index contributed by atoms with van der Waals surface area (Å²) in [4.78, 5) is 6.73. The number of rotatable bonds is 11. The summed E-state index contributed by atoms with van der Waals surface area (Å²) in [6.07, 6.45) is 17.0. The number of allylic oxidation sites excluding steroid dienone is 2. The minimum atomic E-state index is 0.236. The third-order valence-electron chi connectivity index (χ3n) is 3.63. The van der Waals surface area contributed by atoms with Crippen LogP contribution in [0.3, 0.4) is 0 Å². The van der Waals surface area contributed by atoms with E-state index in [0.717, 1.165) is 19.5 Å². The number of β-amino-alcohol motifs (C(OH)–C–C–N with tert-alkyl or cyclic N) is 1. The number of aliphatic imine (C=N–C) groups is 1. The maximum absolute atomic E-state index is 8.97. The molecule has 19 heavy (non-hydrogen) atoms. The Morgan fingerprint density at radius 3 is 2.63 bits per heavy atom. The van der Waals surface area contributed by atoms with Crippen molar-refractivity contribution in [3.8, 4) is 0 Å². The maximum atomic E-state index is 8.97. The Balaban J connectivity index is 1.97. The highest BCUT2D eigenvalue weighted by molar-refractivity contribution is 5.62. The zero-order valence-electron chi connectivity index (χ0n) is 12.4. The van der Waals surface area contributed by atoms with Crippen molar-refractivity contribution in [1.82, 2.24) is 4.90 Å². The zero-order chi connectivity index (χ0) is 13.8. The second-order valence-corrected chi connectivity index (χ2v) is 5.28. The molecule has 3 heteroatoms. The third-order valence-corrected chi connectivity index (χ3v) is 3.63. The van der Waals surface area contributed by atoms with Crippen LogP contribution in [-0.4, -0.2) is 42.1 Å². The lowest BCUT2D eigenvalue weighted by Crippen LogP contribution is -2.32. The lowest BCUT2D eigenvalue weighted by Gasteiger charge is -2.21. The molecule has 0 spiro atoms. The molecule has 3 nitrogen and oxygen atoms in total. The highest BCUT2D eigenvalue weighted by Gasteiger charge is 2.19. The van der Waals surface area contributed by atoms with Gasteiger partial charge in [-0.15, -0.1) is 0 Å². The van der Waals surface area contributed by atoms with Crippen molar-refractivity contribution in [2.75, 3.05) is 19.7 Å². The molecule has 1 N–H and O–H groups in total. The molecule has 1 unspecified atom stereocenters. The first-order valence-corrected chi connectivity index (χ1v) is 7.90. The summed E-state index contributed by atoms with van der Waals surface area (Å²) in [5.41, 5.74) is 0. The molecule has 0 saturated carbocycles. The molecule has 0 aromatic carbocycles. The summed E-state index contributed by atoms with van der Waals surface area (Å²) in [7, 11) is 0. The Morgan fingerprint density at radius 2 is 1.95 bits per heavy atom. The Hall–Kier alpha value is -0.670. The predicted molar refractivity (Wildman–Crippen MR) is 82.7 cm³/mol. The van der Waals surface area contributed by atoms with Crippen LogP contribution in [0, 0.1) is 0 Å². The SMILES string of the molecule is CCCCC/C=C/CCCCC1N=CCN1CCO. The molecule has 0 bridgehead atoms. The van der Waals surface area contributed by atoms with E-state index in [1.807, 2.05) is 6.21 Å². The monoisotopic (exact) mass is 266 g/mol. The molecule has 0 radical (unpaired) electrons. The van der Waals surface area contributed by atoms with Gasteiger partial charge in [0.2, 0.25) is 0 Å². The Bertz CT molecular complexity index is 263. The molecular weight excluding hydrogens is 236 g/mol. The first-order valence-electron chi connectivity index (χ1n) is 7.90. The van der Waals surface area contributed by atoms with Crippen molar-refractivity contribution >= 4 is 6.21 Å². The number of unbranched alkanes of at least 4 members (excludes halogenated alkanes) is 5. The number of aliphatic hydroxyl groups is 1. The summed E-state index contributed by atoms with van der Waals surface area (Å²) >= 11 is 0. The minimum absolute atomic E-state index is 0.236. The molecule has 0 aliphatic carbocycles. The van der Waals surface area contributed by atoms with Crippen LogP contribution in [0.4, 0.5) is 0 Å². The van der Waals surface area contributed by atoms with Crippen LogP contribution in [0.1, 0.15) is 58.3 Å². The van der Waals surface area contributed by atoms with E-state index in [2.05, 4.69) is 29.0 Å². The van der Waals surface area contributed by atoms with Gasteiger partial charge in [-0.2, -0.15) is 0 Å². The van der Waals surface area contributed by atoms with E-state index in [4.69, 9.17) is 5.11 Å². The third kappa shape index (κ3) is 7.48. The summed E-state index contributed by atoms with van der Waals surface area (Å²) in [5, 5.41) is 8.97. The first-order chi connectivity index (χ1) is 9.38. The summed E-state index contributed by atoms with van der Waals surface area (Å²) < 4.78 is 0. The highest BCUT2D eigenvalue weighted by Crippen LogP contribution is 2.14. The largest absolute Gasteiger partial charge is 0.395 e. The van der Waals surface area contributed by atoms with Gasteiger partial charge in [0.15, 0.2) is 0 Å². The summed E-state index contributed by atoms with van der Waals surface area (Å²) in [6.45, 7) is 4.14. The first kappa shape index (κ1) is 16.4. The lowest BCUT2D eigenvalue weighted by atomic mass is 10.1. The molecule has 1 atom stereocenters. The standard InChI is InChI=1S/C16H30N2O/c1-2-3-4-5-6-7-8-9-10-11-16-17-12-13-18(16)14-15-19/h6-7,12,16,19H,2-5,8-11,13-15H2,1H3/b7-6+. The van der Waals surface area contributed by atoms with E-state index in [1.54, 1.807) is 0 Å². The van der Waals surface area contributed by atoms with E-state index in [0.29, 0.717) is 6.17 Å². The van der Waals surface area contributed by atoms with Crippen molar-refractivity contribution < 1.29 is 5.11 Å². The molecule has 1 aliphatic rings. The zero-order valence-corrected chi connectivity index (χ0v) is 12.4. The van der Waals surface area contributed by atoms with Gasteiger partial charge in [-0.1, -0.05) is 31.9 Å². The van der Waals surface area contributed by atoms with Crippen molar-refractivity contribution in [1.29, 1.82) is 0 Å². The van der Waals surface area contributed by atoms with Crippen molar-refractivity contribution in [2.24, 2.45) is 4.99 Å². The number of aliphatic hydroxyl groups excluding tert-OH is 1. The van der Waals surface area contributed by atoms with Crippen LogP contribution in [0.25, 0.3) is 0 Å². The van der Waals surface area contributed by atoms with Crippen LogP contribution in [-0.2, 0) is 0 Å². The number of nitrogens with zero attached hydrogens (tertiary/aromatic N) is 2. The average Bonchev–Trinajstić information content (AvgIpc) is 2.85. The Labute approximate surface area is 118 Å². The van der Waals surface area contributed by atoms with Gasteiger partial charge >= 0.3 is 0 Å². The van der Waals surface area contributed by atoms with E-state index >= 15 is 0 Å². The molecule has 1 aliphatic heterocycles. The Kier molecular flexibility index (Phi) is 9.64. The van der Waals surface area contributed by atoms with Gasteiger partial charge in [0, 0.05) is 19.3 Å². The summed E-state index contributed by atoms with van der Waals surface area (Å²) in [6, 6.07) is 0. The van der Waals surface area contributed by atoms with Crippen molar-refractivity contribution in [3.63, 3.8) is 0 Å². The van der Waals surface area contributed by atoms with E-state index < -0.39 is 0 Å². The molecule has 0 saturated heterocycles. The van der Waals surface area contributed by atoms with Crippen LogP contribution < -0.4 is 0 Å². The van der Waals surface area contributed by atoms with Gasteiger partial charge in [0.25, 0.3) is 0 Å². The smallest absolute Gasteiger partial charge is 0.102 e. The second-order valence-electron chi connectivity index (χ2n) is 5.28. The van der Waals surface area contributed by atoms with Gasteiger partial charge in [-0.25, -0.2) is 0 Å². The highest BCUT2D eigenvalue weighted by atomic mass is 16.3. The van der Waals surface area contributed by atoms with Crippen LogP contribution in [0.15, 0.2) is 17.1 Å². The predicted octanol–water partition coefficient (Wildman–Crippen LogP) is 3.39. The van der Waals surface area contributed by atoms with Gasteiger partial charge in [0.1, 0.15) is 6.17 Å². The minimum Gasteiger partial charge on any atom is -0.395 e. The van der Waals surface area contributed by atoms with Gasteiger partial charge in [-0.3, -0.25) is 9.89 Å². The van der Waals surface area contributed by atoms with Gasteiger partial charge in [0.05, 0.1) is 6.61 Å². The second kappa shape index (κ2) is 11.2. The molecule has 0 aromatic heterocycles. The van der Waals surface area contributed by atoms with Crippen LogP contribution >= 0.6 is 0 Å². The Morgan fingerprint density at radius 1 is 1.21 bits per heavy atom. The molecule has 0 fully saturated rings. The molecule has 0 amide bonds. The van der Waals surface area contributed by atoms with Gasteiger partial charge < -0.3 is 5.11 Å². The fourth-order valence-corrected chi connectivity index (χ4v) is 2.45. The number of hydrogen-bond donors (Lipinski definition) is 1. The molecule has 110 valence electrons. The quantitative estimate of drug-likeness (QED) is 0.459. The fraction of sp³-hybridized carbons (Fsp3) is 0.812. The molecular formula is C16H30N2O. The normalized spacial score (nSPS) is 19.8. The topological polar surface area (TPSA) is 35.8 Å². The van der Waals surface area contributed by atoms with E-state index in [9.17, 15) is 0 Å². The van der Waals surface area contributed by atoms with Crippen LogP contribution in [0.2, 0.25) is 0 Å². The fourth-order valence-electron chi connectivity index (χ4n) is 2.45. The van der Waals surface area contributed by atoms with Crippen molar-refractivity contribution in [2.45, 2.75) is 64.5 Å². The van der Waals surface area contributed by atoms with Crippen LogP contribution in [0.5, 0.6) is 0 Å². The van der Waals surface area contributed by atoms with Crippen molar-refractivity contribution in [3.05, 3.63) is 12.2 Å². The molecule has 1 rings (SSSR count). The number of hydrogen-bond acceptors (Lipinski definition) is 3. The molecule has 0 aromatic rings. The van der Waals surface area contributed by atoms with E-state index in [-0.39, 0.29) is 6.61 Å². The van der Waals surface area contributed by atoms with E-state index in [1.165, 1.54) is 44.9 Å². The summed E-state index contributed by atoms with van der Waals surface area (Å²) in [5.74, 6) is 0. The van der Waals surface area contributed by atoms with Gasteiger partial charge in [-0.05, 0) is 38.5 Å². The molecule has 1 heterocycles.